The van der Waals surface area contributed by atoms with Crippen molar-refractivity contribution in [3.05, 3.63) is 30.2 Å². The second-order valence-electron chi connectivity index (χ2n) is 3.38. The molecule has 0 radical (unpaired) electrons. The van der Waals surface area contributed by atoms with E-state index in [2.05, 4.69) is 14.7 Å². The van der Waals surface area contributed by atoms with Gasteiger partial charge in [-0.15, -0.1) is 0 Å². The largest absolute Gasteiger partial charge is 0.508 e. The Balaban J connectivity index is 0.000000922. The number of aromatic nitrogens is 2. The summed E-state index contributed by atoms with van der Waals surface area (Å²) in [5.74, 6) is -1.19. The van der Waals surface area contributed by atoms with Crippen molar-refractivity contribution in [1.29, 1.82) is 0 Å². The number of hydrogen-bond donors (Lipinski definition) is 2. The van der Waals surface area contributed by atoms with Crippen molar-refractivity contribution in [3.63, 3.8) is 0 Å². The molecule has 0 saturated heterocycles. The van der Waals surface area contributed by atoms with Gasteiger partial charge in [-0.1, -0.05) is 5.16 Å². The van der Waals surface area contributed by atoms with Crippen LogP contribution < -0.4 is 0 Å². The summed E-state index contributed by atoms with van der Waals surface area (Å²) >= 11 is -1.18. The van der Waals surface area contributed by atoms with Gasteiger partial charge in [0.2, 0.25) is 5.82 Å². The van der Waals surface area contributed by atoms with Crippen LogP contribution in [0.15, 0.2) is 28.8 Å². The minimum absolute atomic E-state index is 0. The third-order valence-electron chi connectivity index (χ3n) is 1.90. The van der Waals surface area contributed by atoms with Gasteiger partial charge in [-0.2, -0.15) is 17.7 Å². The van der Waals surface area contributed by atoms with E-state index in [1.165, 1.54) is 24.3 Å². The van der Waals surface area contributed by atoms with Crippen LogP contribution in [0.4, 0.5) is 12.7 Å². The first kappa shape index (κ1) is 19.9. The van der Waals surface area contributed by atoms with Crippen molar-refractivity contribution in [2.45, 2.75) is 12.2 Å². The maximum absolute atomic E-state index is 12.8. The molecule has 0 bridgehead atoms. The van der Waals surface area contributed by atoms with Crippen LogP contribution in [-0.4, -0.2) is 27.0 Å². The number of rotatable bonds is 3. The predicted molar refractivity (Wildman–Crippen MR) is 66.8 cm³/mol. The van der Waals surface area contributed by atoms with Crippen molar-refractivity contribution in [3.8, 4) is 17.1 Å². The molecule has 2 N–H and O–H groups in total. The van der Waals surface area contributed by atoms with Gasteiger partial charge in [0.25, 0.3) is 0 Å². The summed E-state index contributed by atoms with van der Waals surface area (Å²) in [4.78, 5) is 3.38. The summed E-state index contributed by atoms with van der Waals surface area (Å²) in [5, 5.41) is 16.1. The molecule has 0 fully saturated rings. The fourth-order valence-electron chi connectivity index (χ4n) is 1.10. The zero-order valence-corrected chi connectivity index (χ0v) is 14.4. The van der Waals surface area contributed by atoms with E-state index >= 15 is 0 Å². The maximum Gasteiger partial charge on any atom is 0.399 e. The van der Waals surface area contributed by atoms with Crippen LogP contribution in [0.25, 0.3) is 11.4 Å². The summed E-state index contributed by atoms with van der Waals surface area (Å²) < 4.78 is 41.9. The molecule has 0 aliphatic rings. The van der Waals surface area contributed by atoms with Crippen molar-refractivity contribution in [2.75, 3.05) is 6.61 Å². The van der Waals surface area contributed by atoms with Crippen LogP contribution in [0, 0.1) is 0 Å². The Bertz CT molecular complexity index is 540. The number of alkyl halides is 2. The van der Waals surface area contributed by atoms with Crippen molar-refractivity contribution < 1.29 is 48.5 Å². The molecule has 0 spiro atoms. The average molecular weight is 492 g/mol. The van der Waals surface area contributed by atoms with Crippen molar-refractivity contribution in [2.24, 2.45) is 0 Å². The predicted octanol–water partition coefficient (Wildman–Crippen LogP) is 3.11. The van der Waals surface area contributed by atoms with Crippen molar-refractivity contribution >= 4 is 12.1 Å². The molecular formula is C11H11F3N2O3SW. The second kappa shape index (κ2) is 9.07. The Hall–Kier alpha value is -1.05. The van der Waals surface area contributed by atoms with Gasteiger partial charge < -0.3 is 14.7 Å². The number of halogens is 3. The zero-order chi connectivity index (χ0) is 15.2. The number of phenols is 1. The van der Waals surface area contributed by atoms with Gasteiger partial charge in [-0.3, -0.25) is 0 Å². The van der Waals surface area contributed by atoms with Crippen LogP contribution in [0.2, 0.25) is 0 Å². The number of benzene rings is 1. The molecule has 5 nitrogen and oxygen atoms in total. The third-order valence-corrected chi connectivity index (χ3v) is 2.27. The summed E-state index contributed by atoms with van der Waals surface area (Å²) in [5.41, 5.74) is 0.373. The van der Waals surface area contributed by atoms with E-state index in [-0.39, 0.29) is 39.2 Å². The smallest absolute Gasteiger partial charge is 0.399 e. The van der Waals surface area contributed by atoms with Crippen molar-refractivity contribution in [1.82, 2.24) is 10.1 Å². The van der Waals surface area contributed by atoms with Gasteiger partial charge in [0.05, 0.1) is 0 Å². The van der Waals surface area contributed by atoms with Gasteiger partial charge in [0.1, 0.15) is 17.9 Å². The van der Waals surface area contributed by atoms with E-state index in [4.69, 9.17) is 10.2 Å². The van der Waals surface area contributed by atoms with E-state index in [9.17, 15) is 12.7 Å². The molecule has 1 heterocycles. The van der Waals surface area contributed by atoms with Crippen LogP contribution in [0.3, 0.4) is 0 Å². The molecule has 0 aliphatic carbocycles. The van der Waals surface area contributed by atoms with Gasteiger partial charge in [-0.05, 0) is 31.2 Å². The van der Waals surface area contributed by atoms with E-state index in [1.54, 1.807) is 6.92 Å². The van der Waals surface area contributed by atoms with Crippen LogP contribution >= 0.6 is 12.1 Å². The number of aromatic hydroxyl groups is 1. The monoisotopic (exact) mass is 492 g/mol. The molecule has 1 aromatic carbocycles. The van der Waals surface area contributed by atoms with Crippen LogP contribution in [-0.2, 0) is 26.3 Å². The van der Waals surface area contributed by atoms with E-state index in [1.807, 2.05) is 0 Å². The molecule has 21 heavy (non-hydrogen) atoms. The third kappa shape index (κ3) is 5.68. The number of phenolic OH excluding ortho intramolecular Hbond substituents is 1. The fraction of sp³-hybridized carbons (Fsp3) is 0.273. The number of aliphatic hydroxyl groups excluding tert-OH is 1. The SMILES string of the molecule is CCO.Oc1ccc(-c2noc(C(F)(F)SF)n2)cc1.[W]. The van der Waals surface area contributed by atoms with Gasteiger partial charge in [0.15, 0.2) is 0 Å². The average Bonchev–Trinajstić information content (AvgIpc) is 2.91. The minimum Gasteiger partial charge on any atom is -0.508 e. The molecule has 2 aromatic rings. The standard InChI is InChI=1S/C9H5F3N2O2S.C2H6O.W/c10-9(11,17-12)8-13-7(14-16-8)5-1-3-6(15)4-2-5;1-2-3;/h1-4,15H;3H,2H2,1H3;. The number of nitrogens with zero attached hydrogens (tertiary/aromatic N) is 2. The fourth-order valence-corrected chi connectivity index (χ4v) is 1.25. The normalized spacial score (nSPS) is 10.3. The Morgan fingerprint density at radius 2 is 1.81 bits per heavy atom. The Morgan fingerprint density at radius 3 is 2.29 bits per heavy atom. The molecule has 2 rings (SSSR count). The van der Waals surface area contributed by atoms with E-state index in [0.717, 1.165) is 0 Å². The molecular weight excluding hydrogens is 481 g/mol. The molecule has 0 amide bonds. The van der Waals surface area contributed by atoms with Gasteiger partial charge >= 0.3 is 11.1 Å². The van der Waals surface area contributed by atoms with Crippen LogP contribution in [0.1, 0.15) is 12.8 Å². The molecule has 0 aliphatic heterocycles. The maximum atomic E-state index is 12.8. The number of hydrogen-bond acceptors (Lipinski definition) is 6. The Labute approximate surface area is 137 Å². The first-order valence-electron chi connectivity index (χ1n) is 5.36. The van der Waals surface area contributed by atoms with E-state index in [0.29, 0.717) is 5.56 Å². The van der Waals surface area contributed by atoms with Gasteiger partial charge in [-0.25, -0.2) is 0 Å². The molecule has 0 unspecified atom stereocenters. The quantitative estimate of drug-likeness (QED) is 0.686. The summed E-state index contributed by atoms with van der Waals surface area (Å²) in [6.45, 7) is 1.93. The first-order valence-corrected chi connectivity index (χ1v) is 6.08. The molecule has 116 valence electrons. The number of aliphatic hydroxyl groups is 1. The summed E-state index contributed by atoms with van der Waals surface area (Å²) in [6.07, 6.45) is 0. The summed E-state index contributed by atoms with van der Waals surface area (Å²) in [6, 6.07) is 5.52. The van der Waals surface area contributed by atoms with E-state index < -0.39 is 23.3 Å². The summed E-state index contributed by atoms with van der Waals surface area (Å²) in [7, 11) is 0. The van der Waals surface area contributed by atoms with Gasteiger partial charge in [0, 0.05) is 33.2 Å². The molecule has 0 atom stereocenters. The minimum atomic E-state index is -3.86. The Morgan fingerprint density at radius 1 is 1.29 bits per heavy atom. The molecule has 1 aromatic heterocycles. The zero-order valence-electron chi connectivity index (χ0n) is 10.7. The van der Waals surface area contributed by atoms with Crippen LogP contribution in [0.5, 0.6) is 5.75 Å². The Kier molecular flexibility index (Phi) is 8.61. The topological polar surface area (TPSA) is 79.4 Å². The second-order valence-corrected chi connectivity index (χ2v) is 4.05. The molecule has 10 heteroatoms. The first-order chi connectivity index (χ1) is 9.44. The molecule has 0 saturated carbocycles.